The molecule has 1 spiro atoms. The predicted octanol–water partition coefficient (Wildman–Crippen LogP) is 2.82. The molecule has 0 unspecified atom stereocenters. The summed E-state index contributed by atoms with van der Waals surface area (Å²) in [6.07, 6.45) is -1.01. The number of alkyl halides is 3. The van der Waals surface area contributed by atoms with Crippen LogP contribution in [0.1, 0.15) is 24.8 Å². The third kappa shape index (κ3) is 2.84. The van der Waals surface area contributed by atoms with Gasteiger partial charge in [-0.25, -0.2) is 9.37 Å². The highest BCUT2D eigenvalue weighted by Gasteiger charge is 2.40. The minimum absolute atomic E-state index is 0.166. The Hall–Kier alpha value is -1.37. The molecule has 0 amide bonds. The van der Waals surface area contributed by atoms with Crippen LogP contribution in [0.3, 0.4) is 0 Å². The first-order valence-corrected chi connectivity index (χ1v) is 7.08. The van der Waals surface area contributed by atoms with E-state index in [0.717, 1.165) is 38.4 Å². The summed E-state index contributed by atoms with van der Waals surface area (Å²) < 4.78 is 51.6. The lowest BCUT2D eigenvalue weighted by molar-refractivity contribution is -0.140. The molecule has 3 nitrogen and oxygen atoms in total. The fourth-order valence-electron chi connectivity index (χ4n) is 3.31. The van der Waals surface area contributed by atoms with Crippen molar-refractivity contribution in [2.24, 2.45) is 5.41 Å². The molecular weight excluding hydrogens is 286 g/mol. The summed E-state index contributed by atoms with van der Waals surface area (Å²) in [6, 6.07) is 0.829. The van der Waals surface area contributed by atoms with Gasteiger partial charge in [0.15, 0.2) is 5.82 Å². The van der Waals surface area contributed by atoms with Crippen molar-refractivity contribution in [2.75, 3.05) is 31.1 Å². The first kappa shape index (κ1) is 14.6. The topological polar surface area (TPSA) is 28.2 Å². The second kappa shape index (κ2) is 5.12. The van der Waals surface area contributed by atoms with Gasteiger partial charge in [-0.15, -0.1) is 0 Å². The molecular formula is C14H17F4N3. The van der Waals surface area contributed by atoms with Crippen molar-refractivity contribution in [3.05, 3.63) is 23.6 Å². The molecule has 1 N–H and O–H groups in total. The fraction of sp³-hybridized carbons (Fsp3) is 0.643. The number of pyridine rings is 1. The van der Waals surface area contributed by atoms with Crippen LogP contribution in [-0.4, -0.2) is 31.2 Å². The zero-order chi connectivity index (χ0) is 15.1. The molecule has 1 aromatic rings. The quantitative estimate of drug-likeness (QED) is 0.809. The van der Waals surface area contributed by atoms with Crippen LogP contribution in [-0.2, 0) is 6.18 Å². The van der Waals surface area contributed by atoms with E-state index in [4.69, 9.17) is 0 Å². The van der Waals surface area contributed by atoms with E-state index in [2.05, 4.69) is 10.3 Å². The van der Waals surface area contributed by atoms with Gasteiger partial charge in [0.2, 0.25) is 0 Å². The summed E-state index contributed by atoms with van der Waals surface area (Å²) in [7, 11) is 0. The molecule has 0 aliphatic carbocycles. The third-order valence-electron chi connectivity index (χ3n) is 4.57. The number of hydrogen-bond acceptors (Lipinski definition) is 3. The van der Waals surface area contributed by atoms with E-state index in [-0.39, 0.29) is 11.2 Å². The summed E-state index contributed by atoms with van der Waals surface area (Å²) in [5, 5.41) is 3.29. The smallest absolute Gasteiger partial charge is 0.356 e. The Kier molecular flexibility index (Phi) is 3.55. The Labute approximate surface area is 120 Å². The van der Waals surface area contributed by atoms with Crippen molar-refractivity contribution in [1.29, 1.82) is 0 Å². The lowest BCUT2D eigenvalue weighted by atomic mass is 9.78. The maximum atomic E-state index is 13.3. The molecule has 2 fully saturated rings. The van der Waals surface area contributed by atoms with Gasteiger partial charge in [0.05, 0.1) is 11.8 Å². The molecule has 0 radical (unpaired) electrons. The summed E-state index contributed by atoms with van der Waals surface area (Å²) >= 11 is 0. The van der Waals surface area contributed by atoms with Gasteiger partial charge in [0.25, 0.3) is 0 Å². The number of nitrogens with one attached hydrogen (secondary N) is 1. The maximum Gasteiger partial charge on any atom is 0.419 e. The molecule has 0 aromatic carbocycles. The monoisotopic (exact) mass is 303 g/mol. The Balaban J connectivity index is 1.82. The van der Waals surface area contributed by atoms with Gasteiger partial charge < -0.3 is 10.2 Å². The Morgan fingerprint density at radius 1 is 1.19 bits per heavy atom. The number of rotatable bonds is 1. The van der Waals surface area contributed by atoms with E-state index in [9.17, 15) is 17.6 Å². The van der Waals surface area contributed by atoms with Crippen molar-refractivity contribution in [3.8, 4) is 0 Å². The summed E-state index contributed by atoms with van der Waals surface area (Å²) in [5.41, 5.74) is -1.07. The summed E-state index contributed by atoms with van der Waals surface area (Å²) in [6.45, 7) is 3.26. The van der Waals surface area contributed by atoms with Crippen LogP contribution in [0.4, 0.5) is 23.4 Å². The van der Waals surface area contributed by atoms with Crippen molar-refractivity contribution in [2.45, 2.75) is 25.4 Å². The highest BCUT2D eigenvalue weighted by atomic mass is 19.4. The number of aromatic nitrogens is 1. The van der Waals surface area contributed by atoms with Gasteiger partial charge in [0.1, 0.15) is 5.82 Å². The molecule has 1 aromatic heterocycles. The molecule has 2 saturated heterocycles. The Morgan fingerprint density at radius 3 is 2.57 bits per heavy atom. The van der Waals surface area contributed by atoms with Gasteiger partial charge in [0, 0.05) is 13.1 Å². The molecule has 116 valence electrons. The lowest BCUT2D eigenvalue weighted by Crippen LogP contribution is -2.38. The largest absolute Gasteiger partial charge is 0.419 e. The van der Waals surface area contributed by atoms with Crippen LogP contribution in [0.15, 0.2) is 12.3 Å². The molecule has 3 rings (SSSR count). The van der Waals surface area contributed by atoms with Gasteiger partial charge in [-0.05, 0) is 43.8 Å². The molecule has 0 bridgehead atoms. The van der Waals surface area contributed by atoms with Gasteiger partial charge in [-0.1, -0.05) is 0 Å². The van der Waals surface area contributed by atoms with Crippen LogP contribution in [0.2, 0.25) is 0 Å². The fourth-order valence-corrected chi connectivity index (χ4v) is 3.31. The van der Waals surface area contributed by atoms with Crippen molar-refractivity contribution < 1.29 is 17.6 Å². The van der Waals surface area contributed by atoms with Gasteiger partial charge >= 0.3 is 6.18 Å². The summed E-state index contributed by atoms with van der Waals surface area (Å²) in [5.74, 6) is -1.10. The van der Waals surface area contributed by atoms with Crippen LogP contribution in [0, 0.1) is 11.2 Å². The zero-order valence-corrected chi connectivity index (χ0v) is 11.5. The standard InChI is InChI=1S/C14H17F4N3/c15-11-8-20-12(7-10(11)14(16,17)18)21-6-3-13(9-21)1-4-19-5-2-13/h7-8,19H,1-6,9H2. The molecule has 3 heterocycles. The van der Waals surface area contributed by atoms with Crippen molar-refractivity contribution >= 4 is 5.82 Å². The molecule has 2 aliphatic rings. The first-order chi connectivity index (χ1) is 9.90. The number of hydrogen-bond donors (Lipinski definition) is 1. The Morgan fingerprint density at radius 2 is 1.90 bits per heavy atom. The second-order valence-corrected chi connectivity index (χ2v) is 5.94. The highest BCUT2D eigenvalue weighted by Crippen LogP contribution is 2.41. The lowest BCUT2D eigenvalue weighted by Gasteiger charge is -2.33. The van der Waals surface area contributed by atoms with Crippen molar-refractivity contribution in [3.63, 3.8) is 0 Å². The average Bonchev–Trinajstić information content (AvgIpc) is 2.82. The number of anilines is 1. The van der Waals surface area contributed by atoms with Crippen LogP contribution < -0.4 is 10.2 Å². The molecule has 0 atom stereocenters. The van der Waals surface area contributed by atoms with Gasteiger partial charge in [-0.2, -0.15) is 13.2 Å². The van der Waals surface area contributed by atoms with E-state index in [1.54, 1.807) is 0 Å². The van der Waals surface area contributed by atoms with E-state index in [1.165, 1.54) is 0 Å². The van der Waals surface area contributed by atoms with Crippen molar-refractivity contribution in [1.82, 2.24) is 10.3 Å². The van der Waals surface area contributed by atoms with E-state index in [1.807, 2.05) is 4.90 Å². The van der Waals surface area contributed by atoms with E-state index < -0.39 is 17.6 Å². The first-order valence-electron chi connectivity index (χ1n) is 7.08. The van der Waals surface area contributed by atoms with E-state index in [0.29, 0.717) is 19.3 Å². The molecule has 21 heavy (non-hydrogen) atoms. The summed E-state index contributed by atoms with van der Waals surface area (Å²) in [4.78, 5) is 5.69. The molecule has 7 heteroatoms. The second-order valence-electron chi connectivity index (χ2n) is 5.94. The van der Waals surface area contributed by atoms with Crippen LogP contribution >= 0.6 is 0 Å². The third-order valence-corrected chi connectivity index (χ3v) is 4.57. The minimum Gasteiger partial charge on any atom is -0.356 e. The SMILES string of the molecule is Fc1cnc(N2CCC3(CCNCC3)C2)cc1C(F)(F)F. The highest BCUT2D eigenvalue weighted by molar-refractivity contribution is 5.44. The number of piperidine rings is 1. The maximum absolute atomic E-state index is 13.3. The number of halogens is 4. The zero-order valence-electron chi connectivity index (χ0n) is 11.5. The normalized spacial score (nSPS) is 22.0. The van der Waals surface area contributed by atoms with E-state index >= 15 is 0 Å². The minimum atomic E-state index is -4.69. The van der Waals surface area contributed by atoms with Gasteiger partial charge in [-0.3, -0.25) is 0 Å². The molecule has 2 aliphatic heterocycles. The van der Waals surface area contributed by atoms with Crippen LogP contribution in [0.25, 0.3) is 0 Å². The number of nitrogens with zero attached hydrogens (tertiary/aromatic N) is 2. The average molecular weight is 303 g/mol. The molecule has 0 saturated carbocycles. The van der Waals surface area contributed by atoms with Crippen LogP contribution in [0.5, 0.6) is 0 Å². The Bertz CT molecular complexity index is 523. The predicted molar refractivity (Wildman–Crippen MR) is 70.6 cm³/mol.